The number of anilines is 6. The van der Waals surface area contributed by atoms with E-state index in [9.17, 15) is 18.1 Å². The van der Waals surface area contributed by atoms with Crippen molar-refractivity contribution in [3.63, 3.8) is 0 Å². The zero-order chi connectivity index (χ0) is 45.8. The Hall–Kier alpha value is -6.09. The molecule has 25 heteroatoms. The van der Waals surface area contributed by atoms with E-state index in [2.05, 4.69) is 83.5 Å². The average Bonchev–Trinajstić information content (AvgIpc) is 3.89. The van der Waals surface area contributed by atoms with Crippen LogP contribution in [0.5, 0.6) is 0 Å². The number of benzene rings is 4. The fourth-order valence-corrected chi connectivity index (χ4v) is 8.87. The number of nitrogens with zero attached hydrogens (tertiary/aromatic N) is 11. The maximum atomic E-state index is 11.7. The van der Waals surface area contributed by atoms with Gasteiger partial charge in [-0.05, 0) is 94.4 Å². The van der Waals surface area contributed by atoms with E-state index in [1.54, 1.807) is 0 Å². The lowest BCUT2D eigenvalue weighted by atomic mass is 10.2. The van der Waals surface area contributed by atoms with Gasteiger partial charge in [-0.1, -0.05) is 46.6 Å². The van der Waals surface area contributed by atoms with Crippen LogP contribution in [0, 0.1) is 0 Å². The van der Waals surface area contributed by atoms with Crippen molar-refractivity contribution in [3.05, 3.63) is 78.9 Å². The summed E-state index contributed by atoms with van der Waals surface area (Å²) >= 11 is 3.86. The highest BCUT2D eigenvalue weighted by atomic mass is 32.2. The van der Waals surface area contributed by atoms with Crippen LogP contribution >= 0.6 is 34.4 Å². The predicted molar refractivity (Wildman–Crippen MR) is 251 cm³/mol. The molecule has 3 aromatic heterocycles. The lowest BCUT2D eigenvalue weighted by Gasteiger charge is -2.22. The maximum Gasteiger partial charge on any atom is 0.425 e. The summed E-state index contributed by atoms with van der Waals surface area (Å²) in [5.41, 5.74) is 5.41. The molecule has 7 aromatic rings. The van der Waals surface area contributed by atoms with Crippen LogP contribution in [0.25, 0.3) is 20.4 Å². The van der Waals surface area contributed by atoms with Gasteiger partial charge in [-0.2, -0.15) is 23.4 Å². The smallest absolute Gasteiger partial charge is 0.396 e. The van der Waals surface area contributed by atoms with Crippen LogP contribution in [-0.2, 0) is 20.7 Å². The van der Waals surface area contributed by atoms with Gasteiger partial charge in [0.2, 0.25) is 22.2 Å². The van der Waals surface area contributed by atoms with Gasteiger partial charge in [-0.25, -0.2) is 9.97 Å². The van der Waals surface area contributed by atoms with E-state index in [0.717, 1.165) is 59.1 Å². The van der Waals surface area contributed by atoms with Gasteiger partial charge >= 0.3 is 10.6 Å². The highest BCUT2D eigenvalue weighted by molar-refractivity contribution is 7.99. The highest BCUT2D eigenvalue weighted by Crippen LogP contribution is 2.38. The van der Waals surface area contributed by atoms with Gasteiger partial charge in [0.25, 0.3) is 10.1 Å². The zero-order valence-corrected chi connectivity index (χ0v) is 38.7. The standard InChI is InChI=1S/C39H41N13O4S4.O3S/c1-5-51(6-2)24-13-16-27(47-49-38-42-29-11-9-10-12-33(29)58-38)31(21-24)40-35-44-36(46-37(45-35)57-20-19-53)41-32-22-25(52(7-3)8-4)14-17-28(32)48-50-39-43-30-18-15-26(60(54,55)56)23-34(30)59-39;1-4(2)3/h9-18,21-23,53H,5-8,19-20H2,1-4H3,(H,54,55,56)(H2,40,41,44,45,46);. The molecule has 3 heterocycles. The normalized spacial score (nSPS) is 11.6. The first-order valence-electron chi connectivity index (χ1n) is 19.5. The summed E-state index contributed by atoms with van der Waals surface area (Å²) in [7, 11) is -7.49. The molecule has 0 bridgehead atoms. The van der Waals surface area contributed by atoms with Crippen molar-refractivity contribution in [2.24, 2.45) is 20.5 Å². The van der Waals surface area contributed by atoms with Crippen LogP contribution in [0.2, 0.25) is 0 Å². The Bertz CT molecular complexity index is 2990. The lowest BCUT2D eigenvalue weighted by molar-refractivity contribution is 0.322. The molecule has 20 nitrogen and oxygen atoms in total. The van der Waals surface area contributed by atoms with Crippen LogP contribution in [-0.4, -0.2) is 94.2 Å². The van der Waals surface area contributed by atoms with E-state index < -0.39 is 20.7 Å². The Morgan fingerprint density at radius 1 is 0.656 bits per heavy atom. The Labute approximate surface area is 381 Å². The second kappa shape index (κ2) is 22.0. The number of nitrogens with one attached hydrogen (secondary N) is 2. The fraction of sp³-hybridized carbons (Fsp3) is 0.256. The van der Waals surface area contributed by atoms with Crippen molar-refractivity contribution in [1.29, 1.82) is 0 Å². The fourth-order valence-electron chi connectivity index (χ4n) is 6.10. The summed E-state index contributed by atoms with van der Waals surface area (Å²) in [5.74, 6) is 0.784. The molecule has 0 spiro atoms. The Morgan fingerprint density at radius 2 is 1.16 bits per heavy atom. The van der Waals surface area contributed by atoms with E-state index >= 15 is 0 Å². The minimum Gasteiger partial charge on any atom is -0.396 e. The number of rotatable bonds is 18. The maximum absolute atomic E-state index is 11.7. The molecular weight excluding hydrogens is 923 g/mol. The first-order chi connectivity index (χ1) is 30.8. The summed E-state index contributed by atoms with van der Waals surface area (Å²) < 4.78 is 59.8. The second-order valence-corrected chi connectivity index (χ2v) is 17.9. The van der Waals surface area contributed by atoms with E-state index in [1.807, 2.05) is 60.7 Å². The van der Waals surface area contributed by atoms with Crippen LogP contribution in [0.4, 0.5) is 56.3 Å². The van der Waals surface area contributed by atoms with Gasteiger partial charge in [-0.15, -0.1) is 33.1 Å². The van der Waals surface area contributed by atoms with Crippen molar-refractivity contribution < 1.29 is 30.7 Å². The molecule has 0 atom stereocenters. The average molecular weight is 964 g/mol. The molecule has 64 heavy (non-hydrogen) atoms. The topological polar surface area (TPSA) is 270 Å². The molecule has 0 amide bonds. The number of azo groups is 2. The van der Waals surface area contributed by atoms with Gasteiger partial charge in [-0.3, -0.25) is 4.55 Å². The van der Waals surface area contributed by atoms with Crippen LogP contribution in [0.15, 0.2) is 109 Å². The van der Waals surface area contributed by atoms with Gasteiger partial charge in [0.05, 0.1) is 43.3 Å². The van der Waals surface area contributed by atoms with Crippen LogP contribution in [0.3, 0.4) is 0 Å². The van der Waals surface area contributed by atoms with Gasteiger partial charge in [0.1, 0.15) is 11.4 Å². The summed E-state index contributed by atoms with van der Waals surface area (Å²) in [4.78, 5) is 27.4. The number of thiazole rings is 2. The van der Waals surface area contributed by atoms with E-state index in [0.29, 0.717) is 49.0 Å². The molecule has 0 saturated carbocycles. The van der Waals surface area contributed by atoms with Crippen molar-refractivity contribution in [1.82, 2.24) is 24.9 Å². The molecular formula is C39H41N13O7S5. The monoisotopic (exact) mass is 963 g/mol. The Morgan fingerprint density at radius 3 is 1.64 bits per heavy atom. The quantitative estimate of drug-likeness (QED) is 0.0354. The molecule has 0 radical (unpaired) electrons. The number of para-hydroxylation sites is 1. The number of aliphatic hydroxyl groups excluding tert-OH is 1. The van der Waals surface area contributed by atoms with E-state index in [1.165, 1.54) is 41.3 Å². The van der Waals surface area contributed by atoms with E-state index in [-0.39, 0.29) is 28.5 Å². The largest absolute Gasteiger partial charge is 0.425 e. The molecule has 0 aliphatic rings. The number of thioether (sulfide) groups is 1. The molecule has 4 aromatic carbocycles. The summed E-state index contributed by atoms with van der Waals surface area (Å²) in [6.45, 7) is 11.4. The molecule has 0 fully saturated rings. The third-order valence-corrected chi connectivity index (χ3v) is 12.6. The Kier molecular flexibility index (Phi) is 16.3. The van der Waals surface area contributed by atoms with Crippen LogP contribution in [0.1, 0.15) is 27.7 Å². The predicted octanol–water partition coefficient (Wildman–Crippen LogP) is 9.43. The minimum atomic E-state index is -4.38. The first kappa shape index (κ1) is 47.4. The molecule has 0 unspecified atom stereocenters. The Balaban J connectivity index is 0.00000163. The highest BCUT2D eigenvalue weighted by Gasteiger charge is 2.17. The molecule has 0 aliphatic heterocycles. The lowest BCUT2D eigenvalue weighted by Crippen LogP contribution is -2.21. The van der Waals surface area contributed by atoms with Gasteiger partial charge in [0.15, 0.2) is 5.16 Å². The van der Waals surface area contributed by atoms with Gasteiger partial charge in [0, 0.05) is 43.3 Å². The molecule has 0 saturated heterocycles. The summed E-state index contributed by atoms with van der Waals surface area (Å²) in [6.07, 6.45) is 0. The first-order valence-corrected chi connectivity index (χ1v) is 24.5. The summed E-state index contributed by atoms with van der Waals surface area (Å²) in [6, 6.07) is 23.6. The van der Waals surface area contributed by atoms with Gasteiger partial charge < -0.3 is 25.5 Å². The van der Waals surface area contributed by atoms with Crippen molar-refractivity contribution in [2.45, 2.75) is 37.7 Å². The zero-order valence-electron chi connectivity index (χ0n) is 34.6. The molecule has 4 N–H and O–H groups in total. The SMILES string of the molecule is CCN(CC)c1ccc(N=Nc2nc3ccccc3s2)c(Nc2nc(Nc3cc(N(CC)CC)ccc3N=Nc3nc4ccc(S(=O)(=O)O)cc4s3)nc(SCCO)n2)c1.O=S(=O)=O. The number of hydrogen-bond donors (Lipinski definition) is 4. The number of hydrogen-bond acceptors (Lipinski definition) is 22. The van der Waals surface area contributed by atoms with Crippen molar-refractivity contribution >= 4 is 132 Å². The second-order valence-electron chi connectivity index (χ2n) is 13.0. The number of fused-ring (bicyclic) bond motifs is 2. The number of aromatic nitrogens is 5. The molecule has 7 rings (SSSR count). The van der Waals surface area contributed by atoms with Crippen molar-refractivity contribution in [2.75, 3.05) is 59.0 Å². The minimum absolute atomic E-state index is 0.0799. The molecule has 334 valence electrons. The van der Waals surface area contributed by atoms with Crippen molar-refractivity contribution in [3.8, 4) is 0 Å². The third-order valence-electron chi connectivity index (χ3n) is 9.06. The number of aliphatic hydroxyl groups is 1. The third kappa shape index (κ3) is 12.5. The molecule has 0 aliphatic carbocycles. The summed E-state index contributed by atoms with van der Waals surface area (Å²) in [5, 5.41) is 35.6. The van der Waals surface area contributed by atoms with E-state index in [4.69, 9.17) is 22.6 Å². The van der Waals surface area contributed by atoms with Crippen LogP contribution < -0.4 is 20.4 Å².